The third kappa shape index (κ3) is 4.38. The number of anilines is 1. The van der Waals surface area contributed by atoms with Gasteiger partial charge in [0, 0.05) is 30.3 Å². The Morgan fingerprint density at radius 1 is 1.06 bits per heavy atom. The van der Waals surface area contributed by atoms with Gasteiger partial charge in [0.05, 0.1) is 11.4 Å². The number of hydrogen-bond donors (Lipinski definition) is 0. The molecule has 1 aromatic heterocycles. The summed E-state index contributed by atoms with van der Waals surface area (Å²) in [5, 5.41) is 8.07. The van der Waals surface area contributed by atoms with E-state index < -0.39 is 10.0 Å². The molecule has 1 fully saturated rings. The van der Waals surface area contributed by atoms with Crippen molar-refractivity contribution < 1.29 is 17.6 Å². The van der Waals surface area contributed by atoms with Gasteiger partial charge in [-0.2, -0.15) is 4.31 Å². The van der Waals surface area contributed by atoms with Crippen molar-refractivity contribution in [3.05, 3.63) is 60.5 Å². The standard InChI is InChI=1S/C22H24N4O4S/c1-16(2)26(15-20-23-24-22(30-20)17-7-4-3-5-8-17)31(28,29)19-12-10-18(11-13-19)25-14-6-9-21(25)27/h3-5,7-8,10-13,16H,6,9,14-15H2,1-2H3. The van der Waals surface area contributed by atoms with Crippen LogP contribution in [0.2, 0.25) is 0 Å². The Hall–Kier alpha value is -3.04. The van der Waals surface area contributed by atoms with E-state index in [2.05, 4.69) is 10.2 Å². The molecule has 3 aromatic rings. The SMILES string of the molecule is CC(C)N(Cc1nnc(-c2ccccc2)o1)S(=O)(=O)c1ccc(N2CCCC2=O)cc1. The maximum atomic E-state index is 13.3. The van der Waals surface area contributed by atoms with Crippen LogP contribution in [0.3, 0.4) is 0 Å². The molecule has 0 N–H and O–H groups in total. The van der Waals surface area contributed by atoms with Crippen molar-refractivity contribution >= 4 is 21.6 Å². The van der Waals surface area contributed by atoms with Crippen LogP contribution >= 0.6 is 0 Å². The van der Waals surface area contributed by atoms with Gasteiger partial charge in [-0.1, -0.05) is 18.2 Å². The normalized spacial score (nSPS) is 14.7. The highest BCUT2D eigenvalue weighted by atomic mass is 32.2. The van der Waals surface area contributed by atoms with E-state index >= 15 is 0 Å². The Kier molecular flexibility index (Phi) is 5.88. The molecule has 0 unspecified atom stereocenters. The average Bonchev–Trinajstić information content (AvgIpc) is 3.41. The topological polar surface area (TPSA) is 96.6 Å². The van der Waals surface area contributed by atoms with Gasteiger partial charge in [0.1, 0.15) is 0 Å². The molecule has 0 radical (unpaired) electrons. The Balaban J connectivity index is 1.56. The van der Waals surface area contributed by atoms with Crippen LogP contribution in [0, 0.1) is 0 Å². The third-order valence-electron chi connectivity index (χ3n) is 5.18. The van der Waals surface area contributed by atoms with E-state index in [1.165, 1.54) is 16.4 Å². The van der Waals surface area contributed by atoms with E-state index in [4.69, 9.17) is 4.42 Å². The number of rotatable bonds is 7. The smallest absolute Gasteiger partial charge is 0.247 e. The molecule has 1 saturated heterocycles. The second-order valence-corrected chi connectivity index (χ2v) is 9.54. The zero-order valence-electron chi connectivity index (χ0n) is 17.4. The number of benzene rings is 2. The van der Waals surface area contributed by atoms with Crippen molar-refractivity contribution in [1.29, 1.82) is 0 Å². The zero-order valence-corrected chi connectivity index (χ0v) is 18.2. The predicted octanol–water partition coefficient (Wildman–Crippen LogP) is 3.46. The highest BCUT2D eigenvalue weighted by Crippen LogP contribution is 2.26. The minimum atomic E-state index is -3.81. The van der Waals surface area contributed by atoms with Gasteiger partial charge >= 0.3 is 0 Å². The maximum Gasteiger partial charge on any atom is 0.247 e. The van der Waals surface area contributed by atoms with Crippen LogP contribution in [0.15, 0.2) is 63.9 Å². The van der Waals surface area contributed by atoms with Gasteiger partial charge in [-0.15, -0.1) is 10.2 Å². The number of carbonyl (C=O) groups excluding carboxylic acids is 1. The van der Waals surface area contributed by atoms with Crippen LogP contribution in [0.4, 0.5) is 5.69 Å². The lowest BCUT2D eigenvalue weighted by Crippen LogP contribution is -2.36. The molecule has 0 spiro atoms. The molecular formula is C22H24N4O4S. The average molecular weight is 441 g/mol. The monoisotopic (exact) mass is 440 g/mol. The van der Waals surface area contributed by atoms with E-state index in [-0.39, 0.29) is 29.3 Å². The number of carbonyl (C=O) groups is 1. The van der Waals surface area contributed by atoms with E-state index in [9.17, 15) is 13.2 Å². The summed E-state index contributed by atoms with van der Waals surface area (Å²) < 4.78 is 33.6. The fourth-order valence-electron chi connectivity index (χ4n) is 3.55. The van der Waals surface area contributed by atoms with Gasteiger partial charge in [0.25, 0.3) is 0 Å². The lowest BCUT2D eigenvalue weighted by Gasteiger charge is -2.25. The minimum Gasteiger partial charge on any atom is -0.419 e. The molecule has 1 amide bonds. The first kappa shape index (κ1) is 21.2. The van der Waals surface area contributed by atoms with Gasteiger partial charge in [-0.3, -0.25) is 4.79 Å². The number of hydrogen-bond acceptors (Lipinski definition) is 6. The summed E-state index contributed by atoms with van der Waals surface area (Å²) in [5.74, 6) is 0.622. The van der Waals surface area contributed by atoms with Crippen molar-refractivity contribution in [2.24, 2.45) is 0 Å². The lowest BCUT2D eigenvalue weighted by atomic mass is 10.2. The molecule has 0 saturated carbocycles. The zero-order chi connectivity index (χ0) is 22.0. The van der Waals surface area contributed by atoms with Gasteiger partial charge in [0.2, 0.25) is 27.7 Å². The summed E-state index contributed by atoms with van der Waals surface area (Å²) in [6.45, 7) is 4.21. The molecule has 162 valence electrons. The fraction of sp³-hybridized carbons (Fsp3) is 0.318. The predicted molar refractivity (Wildman–Crippen MR) is 116 cm³/mol. The Labute approximate surface area is 181 Å². The molecule has 31 heavy (non-hydrogen) atoms. The van der Waals surface area contributed by atoms with Gasteiger partial charge in [-0.05, 0) is 56.7 Å². The number of nitrogens with zero attached hydrogens (tertiary/aromatic N) is 4. The highest BCUT2D eigenvalue weighted by Gasteiger charge is 2.30. The molecule has 0 bridgehead atoms. The summed E-state index contributed by atoms with van der Waals surface area (Å²) in [7, 11) is -3.81. The van der Waals surface area contributed by atoms with Crippen LogP contribution in [0.1, 0.15) is 32.6 Å². The van der Waals surface area contributed by atoms with Gasteiger partial charge in [0.15, 0.2) is 0 Å². The Morgan fingerprint density at radius 2 is 1.77 bits per heavy atom. The van der Waals surface area contributed by atoms with E-state index in [0.29, 0.717) is 24.5 Å². The summed E-state index contributed by atoms with van der Waals surface area (Å²) in [6, 6.07) is 15.4. The van der Waals surface area contributed by atoms with Crippen LogP contribution in [-0.4, -0.2) is 41.4 Å². The van der Waals surface area contributed by atoms with Crippen molar-refractivity contribution in [2.75, 3.05) is 11.4 Å². The number of amides is 1. The van der Waals surface area contributed by atoms with E-state index in [0.717, 1.165) is 12.0 Å². The summed E-state index contributed by atoms with van der Waals surface area (Å²) >= 11 is 0. The molecule has 0 aliphatic carbocycles. The quantitative estimate of drug-likeness (QED) is 0.558. The van der Waals surface area contributed by atoms with Crippen LogP contribution < -0.4 is 4.90 Å². The second-order valence-electron chi connectivity index (χ2n) is 7.65. The first-order chi connectivity index (χ1) is 14.9. The molecule has 9 heteroatoms. The van der Waals surface area contributed by atoms with Gasteiger partial charge < -0.3 is 9.32 Å². The maximum absolute atomic E-state index is 13.3. The van der Waals surface area contributed by atoms with Crippen molar-refractivity contribution in [3.63, 3.8) is 0 Å². The number of sulfonamides is 1. The summed E-state index contributed by atoms with van der Waals surface area (Å²) in [6.07, 6.45) is 1.34. The highest BCUT2D eigenvalue weighted by molar-refractivity contribution is 7.89. The lowest BCUT2D eigenvalue weighted by molar-refractivity contribution is -0.117. The Bertz CT molecular complexity index is 1160. The second kappa shape index (κ2) is 8.60. The molecule has 0 atom stereocenters. The van der Waals surface area contributed by atoms with Gasteiger partial charge in [-0.25, -0.2) is 8.42 Å². The summed E-state index contributed by atoms with van der Waals surface area (Å²) in [5.41, 5.74) is 1.48. The number of aromatic nitrogens is 2. The van der Waals surface area contributed by atoms with Crippen LogP contribution in [-0.2, 0) is 21.4 Å². The first-order valence-corrected chi connectivity index (χ1v) is 11.6. The van der Waals surface area contributed by atoms with Crippen LogP contribution in [0.5, 0.6) is 0 Å². The van der Waals surface area contributed by atoms with E-state index in [1.807, 2.05) is 30.3 Å². The third-order valence-corrected chi connectivity index (χ3v) is 7.22. The van der Waals surface area contributed by atoms with E-state index in [1.54, 1.807) is 30.9 Å². The molecule has 2 heterocycles. The Morgan fingerprint density at radius 3 is 2.39 bits per heavy atom. The van der Waals surface area contributed by atoms with Crippen LogP contribution in [0.25, 0.3) is 11.5 Å². The largest absolute Gasteiger partial charge is 0.419 e. The first-order valence-electron chi connectivity index (χ1n) is 10.2. The van der Waals surface area contributed by atoms with Crippen molar-refractivity contribution in [3.8, 4) is 11.5 Å². The molecule has 1 aliphatic rings. The van der Waals surface area contributed by atoms with Crippen molar-refractivity contribution in [1.82, 2.24) is 14.5 Å². The molecule has 4 rings (SSSR count). The minimum absolute atomic E-state index is 0.0355. The summed E-state index contributed by atoms with van der Waals surface area (Å²) in [4.78, 5) is 13.8. The van der Waals surface area contributed by atoms with Crippen molar-refractivity contribution in [2.45, 2.75) is 44.2 Å². The molecule has 1 aliphatic heterocycles. The molecule has 8 nitrogen and oxygen atoms in total. The molecule has 2 aromatic carbocycles. The fourth-order valence-corrected chi connectivity index (χ4v) is 5.13. The molecular weight excluding hydrogens is 416 g/mol.